The van der Waals surface area contributed by atoms with Crippen molar-refractivity contribution in [3.05, 3.63) is 34.9 Å². The molecule has 0 fully saturated rings. The van der Waals surface area contributed by atoms with Gasteiger partial charge in [0.1, 0.15) is 0 Å². The number of hydrogen-bond acceptors (Lipinski definition) is 0. The number of rotatable bonds is 3. The minimum atomic E-state index is 1.03. The lowest BCUT2D eigenvalue weighted by molar-refractivity contribution is 1.11. The van der Waals surface area contributed by atoms with E-state index in [9.17, 15) is 0 Å². The first-order chi connectivity index (χ1) is 5.49. The van der Waals surface area contributed by atoms with Gasteiger partial charge in [0.05, 0.1) is 0 Å². The second kappa shape index (κ2) is 4.97. The molecule has 0 heteroatoms. The van der Waals surface area contributed by atoms with Crippen molar-refractivity contribution in [1.82, 2.24) is 0 Å². The molecule has 0 amide bonds. The molecule has 68 valence electrons. The molecule has 12 heavy (non-hydrogen) atoms. The van der Waals surface area contributed by atoms with Crippen LogP contribution in [-0.4, -0.2) is 0 Å². The summed E-state index contributed by atoms with van der Waals surface area (Å²) in [5.74, 6) is 0. The van der Waals surface area contributed by atoms with Crippen LogP contribution in [0.25, 0.3) is 0 Å². The Morgan fingerprint density at radius 3 is 1.92 bits per heavy atom. The van der Waals surface area contributed by atoms with Crippen LogP contribution in [0.4, 0.5) is 0 Å². The summed E-state index contributed by atoms with van der Waals surface area (Å²) in [6.45, 7) is 14.7. The first-order valence-electron chi connectivity index (χ1n) is 4.49. The zero-order valence-corrected chi connectivity index (χ0v) is 8.99. The SMILES string of the molecule is C=C(CC)C(C=C(C)C)=C(C)C. The van der Waals surface area contributed by atoms with Crippen molar-refractivity contribution in [2.45, 2.75) is 41.0 Å². The fraction of sp³-hybridized carbons (Fsp3) is 0.500. The lowest BCUT2D eigenvalue weighted by Gasteiger charge is -2.07. The van der Waals surface area contributed by atoms with E-state index in [0.29, 0.717) is 0 Å². The first kappa shape index (κ1) is 11.2. The standard InChI is InChI=1S/C12H20/c1-7-11(6)12(10(4)5)8-9(2)3/h8H,6-7H2,1-5H3. The van der Waals surface area contributed by atoms with Crippen LogP contribution in [0.5, 0.6) is 0 Å². The smallest absolute Gasteiger partial charge is 0.0245 e. The predicted octanol–water partition coefficient (Wildman–Crippen LogP) is 4.26. The third kappa shape index (κ3) is 3.56. The fourth-order valence-corrected chi connectivity index (χ4v) is 1.08. The highest BCUT2D eigenvalue weighted by atomic mass is 14.0. The minimum Gasteiger partial charge on any atom is -0.0952 e. The molecule has 0 rings (SSSR count). The summed E-state index contributed by atoms with van der Waals surface area (Å²) in [7, 11) is 0. The van der Waals surface area contributed by atoms with Gasteiger partial charge in [-0.05, 0) is 45.3 Å². The summed E-state index contributed by atoms with van der Waals surface area (Å²) in [6.07, 6.45) is 3.24. The highest BCUT2D eigenvalue weighted by Gasteiger charge is 1.98. The molecule has 0 aromatic rings. The van der Waals surface area contributed by atoms with Gasteiger partial charge in [0.2, 0.25) is 0 Å². The quantitative estimate of drug-likeness (QED) is 0.547. The molecule has 0 radical (unpaired) electrons. The van der Waals surface area contributed by atoms with Gasteiger partial charge < -0.3 is 0 Å². The Kier molecular flexibility index (Phi) is 4.65. The van der Waals surface area contributed by atoms with Crippen LogP contribution in [0.3, 0.4) is 0 Å². The van der Waals surface area contributed by atoms with Crippen LogP contribution in [0.15, 0.2) is 34.9 Å². The second-order valence-electron chi connectivity index (χ2n) is 3.59. The third-order valence-corrected chi connectivity index (χ3v) is 1.78. The summed E-state index contributed by atoms with van der Waals surface area (Å²) in [5, 5.41) is 0. The molecule has 0 aliphatic carbocycles. The second-order valence-corrected chi connectivity index (χ2v) is 3.59. The molecule has 0 nitrogen and oxygen atoms in total. The predicted molar refractivity (Wildman–Crippen MR) is 57.2 cm³/mol. The summed E-state index contributed by atoms with van der Waals surface area (Å²) in [6, 6.07) is 0. The molecule has 0 atom stereocenters. The highest BCUT2D eigenvalue weighted by Crippen LogP contribution is 2.18. The van der Waals surface area contributed by atoms with E-state index in [1.165, 1.54) is 22.3 Å². The third-order valence-electron chi connectivity index (χ3n) is 1.78. The Morgan fingerprint density at radius 1 is 1.17 bits per heavy atom. The molecular weight excluding hydrogens is 144 g/mol. The molecule has 0 aromatic heterocycles. The van der Waals surface area contributed by atoms with Gasteiger partial charge in [0.25, 0.3) is 0 Å². The maximum Gasteiger partial charge on any atom is -0.0245 e. The molecule has 0 saturated heterocycles. The first-order valence-corrected chi connectivity index (χ1v) is 4.49. The van der Waals surface area contributed by atoms with Gasteiger partial charge in [-0.2, -0.15) is 0 Å². The van der Waals surface area contributed by atoms with Gasteiger partial charge in [-0.1, -0.05) is 30.7 Å². The van der Waals surface area contributed by atoms with E-state index >= 15 is 0 Å². The summed E-state index contributed by atoms with van der Waals surface area (Å²) < 4.78 is 0. The van der Waals surface area contributed by atoms with Gasteiger partial charge >= 0.3 is 0 Å². The summed E-state index contributed by atoms with van der Waals surface area (Å²) in [5.41, 5.74) is 5.23. The normalized spacial score (nSPS) is 9.08. The van der Waals surface area contributed by atoms with E-state index in [0.717, 1.165) is 6.42 Å². The zero-order chi connectivity index (χ0) is 9.72. The van der Waals surface area contributed by atoms with E-state index in [4.69, 9.17) is 0 Å². The molecule has 0 aliphatic rings. The van der Waals surface area contributed by atoms with E-state index in [1.807, 2.05) is 0 Å². The molecule has 0 aliphatic heterocycles. The van der Waals surface area contributed by atoms with E-state index < -0.39 is 0 Å². The van der Waals surface area contributed by atoms with Crippen LogP contribution in [0, 0.1) is 0 Å². The number of allylic oxidation sites excluding steroid dienone is 5. The molecule has 0 saturated carbocycles. The maximum absolute atomic E-state index is 4.05. The monoisotopic (exact) mass is 164 g/mol. The van der Waals surface area contributed by atoms with Gasteiger partial charge in [-0.15, -0.1) is 0 Å². The molecular formula is C12H20. The Morgan fingerprint density at radius 2 is 1.67 bits per heavy atom. The van der Waals surface area contributed by atoms with Gasteiger partial charge in [0, 0.05) is 0 Å². The average molecular weight is 164 g/mol. The van der Waals surface area contributed by atoms with Crippen molar-refractivity contribution in [2.75, 3.05) is 0 Å². The fourth-order valence-electron chi connectivity index (χ4n) is 1.08. The Bertz CT molecular complexity index is 218. The average Bonchev–Trinajstić information content (AvgIpc) is 1.98. The number of hydrogen-bond donors (Lipinski definition) is 0. The lowest BCUT2D eigenvalue weighted by Crippen LogP contribution is -1.87. The van der Waals surface area contributed by atoms with E-state index in [-0.39, 0.29) is 0 Å². The van der Waals surface area contributed by atoms with Crippen molar-refractivity contribution in [3.8, 4) is 0 Å². The molecule has 0 spiro atoms. The van der Waals surface area contributed by atoms with Crippen molar-refractivity contribution >= 4 is 0 Å². The van der Waals surface area contributed by atoms with Crippen LogP contribution >= 0.6 is 0 Å². The van der Waals surface area contributed by atoms with E-state index in [1.54, 1.807) is 0 Å². The highest BCUT2D eigenvalue weighted by molar-refractivity contribution is 5.41. The molecule has 0 unspecified atom stereocenters. The lowest BCUT2D eigenvalue weighted by atomic mass is 9.99. The van der Waals surface area contributed by atoms with Crippen molar-refractivity contribution in [2.24, 2.45) is 0 Å². The molecule has 0 aromatic carbocycles. The summed E-state index contributed by atoms with van der Waals surface area (Å²) >= 11 is 0. The topological polar surface area (TPSA) is 0 Å². The van der Waals surface area contributed by atoms with Gasteiger partial charge in [-0.25, -0.2) is 0 Å². The summed E-state index contributed by atoms with van der Waals surface area (Å²) in [4.78, 5) is 0. The Hall–Kier alpha value is -0.780. The van der Waals surface area contributed by atoms with Crippen LogP contribution < -0.4 is 0 Å². The zero-order valence-electron chi connectivity index (χ0n) is 8.99. The molecule has 0 N–H and O–H groups in total. The maximum atomic E-state index is 4.05. The van der Waals surface area contributed by atoms with Crippen LogP contribution in [-0.2, 0) is 0 Å². The van der Waals surface area contributed by atoms with Gasteiger partial charge in [-0.3, -0.25) is 0 Å². The van der Waals surface area contributed by atoms with E-state index in [2.05, 4.69) is 47.3 Å². The molecule has 0 bridgehead atoms. The van der Waals surface area contributed by atoms with Crippen molar-refractivity contribution in [1.29, 1.82) is 0 Å². The van der Waals surface area contributed by atoms with Crippen LogP contribution in [0.1, 0.15) is 41.0 Å². The molecule has 0 heterocycles. The van der Waals surface area contributed by atoms with Crippen molar-refractivity contribution < 1.29 is 0 Å². The van der Waals surface area contributed by atoms with Crippen molar-refractivity contribution in [3.63, 3.8) is 0 Å². The van der Waals surface area contributed by atoms with Gasteiger partial charge in [0.15, 0.2) is 0 Å². The Labute approximate surface area is 76.7 Å². The van der Waals surface area contributed by atoms with Crippen LogP contribution in [0.2, 0.25) is 0 Å². The Balaban J connectivity index is 4.84. The minimum absolute atomic E-state index is 1.03. The largest absolute Gasteiger partial charge is 0.0952 e.